The second-order valence-electron chi connectivity index (χ2n) is 6.17. The van der Waals surface area contributed by atoms with Crippen LogP contribution in [0.4, 0.5) is 0 Å². The van der Waals surface area contributed by atoms with Crippen LogP contribution in [0.1, 0.15) is 45.6 Å². The van der Waals surface area contributed by atoms with E-state index in [0.29, 0.717) is 24.5 Å². The van der Waals surface area contributed by atoms with Gasteiger partial charge in [-0.15, -0.1) is 0 Å². The van der Waals surface area contributed by atoms with Crippen molar-refractivity contribution in [3.8, 4) is 5.75 Å². The van der Waals surface area contributed by atoms with Crippen LogP contribution in [-0.4, -0.2) is 11.1 Å². The van der Waals surface area contributed by atoms with Crippen LogP contribution < -0.4 is 10.5 Å². The minimum absolute atomic E-state index is 0.304. The highest BCUT2D eigenvalue weighted by Gasteiger charge is 2.32. The van der Waals surface area contributed by atoms with Crippen LogP contribution in [0.15, 0.2) is 18.5 Å². The van der Waals surface area contributed by atoms with E-state index in [-0.39, 0.29) is 0 Å². The Morgan fingerprint density at radius 1 is 1.42 bits per heavy atom. The fraction of sp³-hybridized carbons (Fsp3) is 0.688. The Morgan fingerprint density at radius 3 is 2.89 bits per heavy atom. The predicted octanol–water partition coefficient (Wildman–Crippen LogP) is 3.38. The molecule has 0 radical (unpaired) electrons. The molecule has 0 saturated heterocycles. The topological polar surface area (TPSA) is 48.1 Å². The van der Waals surface area contributed by atoms with Crippen LogP contribution in [0.5, 0.6) is 5.75 Å². The zero-order valence-corrected chi connectivity index (χ0v) is 12.3. The van der Waals surface area contributed by atoms with Crippen LogP contribution in [0.3, 0.4) is 0 Å². The van der Waals surface area contributed by atoms with E-state index in [1.165, 1.54) is 12.8 Å². The number of hydrogen-bond donors (Lipinski definition) is 1. The van der Waals surface area contributed by atoms with E-state index in [4.69, 9.17) is 10.5 Å². The summed E-state index contributed by atoms with van der Waals surface area (Å²) in [5.74, 6) is 2.92. The molecule has 3 atom stereocenters. The second kappa shape index (κ2) is 6.38. The van der Waals surface area contributed by atoms with Gasteiger partial charge in [-0.1, -0.05) is 27.2 Å². The molecule has 0 amide bonds. The van der Waals surface area contributed by atoms with Gasteiger partial charge in [-0.2, -0.15) is 0 Å². The Morgan fingerprint density at radius 2 is 2.21 bits per heavy atom. The molecule has 2 N–H and O–H groups in total. The maximum Gasteiger partial charge on any atom is 0.142 e. The first-order valence-electron chi connectivity index (χ1n) is 7.41. The molecule has 1 saturated carbocycles. The van der Waals surface area contributed by atoms with E-state index < -0.39 is 0 Å². The summed E-state index contributed by atoms with van der Waals surface area (Å²) in [7, 11) is 0. The van der Waals surface area contributed by atoms with Crippen molar-refractivity contribution in [3.63, 3.8) is 0 Å². The molecule has 3 nitrogen and oxygen atoms in total. The van der Waals surface area contributed by atoms with Gasteiger partial charge in [0, 0.05) is 18.3 Å². The lowest BCUT2D eigenvalue weighted by molar-refractivity contribution is 0.0450. The molecule has 1 fully saturated rings. The summed E-state index contributed by atoms with van der Waals surface area (Å²) in [6.07, 6.45) is 7.61. The lowest BCUT2D eigenvalue weighted by Crippen LogP contribution is -2.36. The Labute approximate surface area is 116 Å². The third kappa shape index (κ3) is 3.47. The Hall–Kier alpha value is -1.09. The van der Waals surface area contributed by atoms with E-state index in [1.54, 1.807) is 12.4 Å². The van der Waals surface area contributed by atoms with Gasteiger partial charge in [0.1, 0.15) is 11.9 Å². The van der Waals surface area contributed by atoms with Crippen molar-refractivity contribution in [2.75, 3.05) is 0 Å². The molecule has 0 spiro atoms. The van der Waals surface area contributed by atoms with Crippen LogP contribution in [0.25, 0.3) is 0 Å². The van der Waals surface area contributed by atoms with Crippen molar-refractivity contribution in [1.29, 1.82) is 0 Å². The maximum atomic E-state index is 6.28. The maximum absolute atomic E-state index is 6.28. The number of nitrogens with zero attached hydrogens (tertiary/aromatic N) is 1. The summed E-state index contributed by atoms with van der Waals surface area (Å²) in [5, 5.41) is 0. The predicted molar refractivity (Wildman–Crippen MR) is 77.9 cm³/mol. The van der Waals surface area contributed by atoms with Gasteiger partial charge in [0.05, 0.1) is 6.20 Å². The highest BCUT2D eigenvalue weighted by molar-refractivity contribution is 5.29. The van der Waals surface area contributed by atoms with Crippen molar-refractivity contribution in [2.24, 2.45) is 23.5 Å². The third-order valence-electron chi connectivity index (χ3n) is 4.33. The number of aromatic nitrogens is 1. The van der Waals surface area contributed by atoms with Gasteiger partial charge in [-0.05, 0) is 36.7 Å². The lowest BCUT2D eigenvalue weighted by Gasteiger charge is -2.37. The zero-order chi connectivity index (χ0) is 13.8. The Balaban J connectivity index is 2.14. The van der Waals surface area contributed by atoms with Crippen molar-refractivity contribution in [2.45, 2.75) is 52.7 Å². The molecular formula is C16H26N2O. The molecule has 3 unspecified atom stereocenters. The molecule has 2 rings (SSSR count). The summed E-state index contributed by atoms with van der Waals surface area (Å²) in [6.45, 7) is 7.42. The standard InChI is InChI=1S/C16H26N2O/c1-11(2)14-5-4-12(3)8-15(14)19-16-10-18-7-6-13(16)9-17/h6-7,10-12,14-15H,4-5,8-9,17H2,1-3H3. The van der Waals surface area contributed by atoms with Gasteiger partial charge in [-0.3, -0.25) is 4.98 Å². The van der Waals surface area contributed by atoms with Crippen molar-refractivity contribution < 1.29 is 4.74 Å². The fourth-order valence-electron chi connectivity index (χ4n) is 3.10. The van der Waals surface area contributed by atoms with Gasteiger partial charge in [0.15, 0.2) is 0 Å². The van der Waals surface area contributed by atoms with Gasteiger partial charge >= 0.3 is 0 Å². The quantitative estimate of drug-likeness (QED) is 0.905. The normalized spacial score (nSPS) is 27.5. The van der Waals surface area contributed by atoms with E-state index in [1.807, 2.05) is 6.07 Å². The average molecular weight is 262 g/mol. The minimum atomic E-state index is 0.304. The van der Waals surface area contributed by atoms with E-state index >= 15 is 0 Å². The molecule has 1 aliphatic rings. The van der Waals surface area contributed by atoms with Gasteiger partial charge in [-0.25, -0.2) is 0 Å². The molecule has 1 aromatic rings. The molecule has 0 aromatic carbocycles. The largest absolute Gasteiger partial charge is 0.488 e. The number of rotatable bonds is 4. The van der Waals surface area contributed by atoms with Crippen LogP contribution >= 0.6 is 0 Å². The van der Waals surface area contributed by atoms with E-state index in [2.05, 4.69) is 25.8 Å². The third-order valence-corrected chi connectivity index (χ3v) is 4.33. The first kappa shape index (κ1) is 14.3. The molecule has 19 heavy (non-hydrogen) atoms. The highest BCUT2D eigenvalue weighted by atomic mass is 16.5. The first-order chi connectivity index (χ1) is 9.11. The van der Waals surface area contributed by atoms with Gasteiger partial charge in [0.25, 0.3) is 0 Å². The lowest BCUT2D eigenvalue weighted by atomic mass is 9.75. The summed E-state index contributed by atoms with van der Waals surface area (Å²) in [6, 6.07) is 1.95. The Bertz CT molecular complexity index is 405. The average Bonchev–Trinajstić information content (AvgIpc) is 2.39. The molecule has 1 aromatic heterocycles. The van der Waals surface area contributed by atoms with E-state index in [9.17, 15) is 0 Å². The summed E-state index contributed by atoms with van der Waals surface area (Å²) >= 11 is 0. The number of hydrogen-bond acceptors (Lipinski definition) is 3. The number of nitrogens with two attached hydrogens (primary N) is 1. The van der Waals surface area contributed by atoms with Crippen LogP contribution in [0, 0.1) is 17.8 Å². The summed E-state index contributed by atoms with van der Waals surface area (Å²) < 4.78 is 6.28. The molecular weight excluding hydrogens is 236 g/mol. The van der Waals surface area contributed by atoms with Crippen molar-refractivity contribution in [1.82, 2.24) is 4.98 Å². The number of ether oxygens (including phenoxy) is 1. The summed E-state index contributed by atoms with van der Waals surface area (Å²) in [5.41, 5.74) is 6.82. The smallest absolute Gasteiger partial charge is 0.142 e. The number of pyridine rings is 1. The summed E-state index contributed by atoms with van der Waals surface area (Å²) in [4.78, 5) is 4.17. The minimum Gasteiger partial charge on any atom is -0.488 e. The zero-order valence-electron chi connectivity index (χ0n) is 12.3. The highest BCUT2D eigenvalue weighted by Crippen LogP contribution is 2.36. The van der Waals surface area contributed by atoms with E-state index in [0.717, 1.165) is 23.7 Å². The molecule has 106 valence electrons. The SMILES string of the molecule is CC1CCC(C(C)C)C(Oc2cnccc2CN)C1. The van der Waals surface area contributed by atoms with Gasteiger partial charge in [0.2, 0.25) is 0 Å². The van der Waals surface area contributed by atoms with Gasteiger partial charge < -0.3 is 10.5 Å². The van der Waals surface area contributed by atoms with Crippen LogP contribution in [-0.2, 0) is 6.54 Å². The molecule has 0 aliphatic heterocycles. The second-order valence-corrected chi connectivity index (χ2v) is 6.17. The molecule has 1 heterocycles. The fourth-order valence-corrected chi connectivity index (χ4v) is 3.10. The molecule has 0 bridgehead atoms. The van der Waals surface area contributed by atoms with Crippen molar-refractivity contribution in [3.05, 3.63) is 24.0 Å². The Kier molecular flexibility index (Phi) is 4.81. The van der Waals surface area contributed by atoms with Crippen molar-refractivity contribution >= 4 is 0 Å². The van der Waals surface area contributed by atoms with Crippen LogP contribution in [0.2, 0.25) is 0 Å². The molecule has 3 heteroatoms. The first-order valence-corrected chi connectivity index (χ1v) is 7.41. The molecule has 1 aliphatic carbocycles. The monoisotopic (exact) mass is 262 g/mol.